The highest BCUT2D eigenvalue weighted by Gasteiger charge is 2.21. The van der Waals surface area contributed by atoms with Crippen LogP contribution in [0.25, 0.3) is 0 Å². The number of hydrogen-bond donors (Lipinski definition) is 1. The van der Waals surface area contributed by atoms with E-state index in [1.54, 1.807) is 6.07 Å². The molecule has 0 aliphatic heterocycles. The Hall–Kier alpha value is -2.49. The summed E-state index contributed by atoms with van der Waals surface area (Å²) >= 11 is 0. The number of methoxy groups -OCH3 is 1. The lowest BCUT2D eigenvalue weighted by atomic mass is 10.1. The van der Waals surface area contributed by atoms with E-state index < -0.39 is 0 Å². The molecular weight excluding hydrogens is 290 g/mol. The molecule has 0 radical (unpaired) electrons. The maximum absolute atomic E-state index is 11.8. The Morgan fingerprint density at radius 3 is 2.65 bits per heavy atom. The third kappa shape index (κ3) is 4.49. The van der Waals surface area contributed by atoms with Gasteiger partial charge in [0, 0.05) is 18.3 Å². The average Bonchev–Trinajstić information content (AvgIpc) is 3.42. The lowest BCUT2D eigenvalue weighted by Gasteiger charge is -2.12. The normalized spacial score (nSPS) is 13.4. The second kappa shape index (κ2) is 7.18. The molecule has 2 aromatic carbocycles. The third-order valence-electron chi connectivity index (χ3n) is 3.87. The number of hydrogen-bond acceptors (Lipinski definition) is 4. The van der Waals surface area contributed by atoms with E-state index in [1.807, 2.05) is 42.5 Å². The predicted octanol–water partition coefficient (Wildman–Crippen LogP) is 3.87. The van der Waals surface area contributed by atoms with E-state index >= 15 is 0 Å². The largest absolute Gasteiger partial charge is 0.489 e. The first-order valence-electron chi connectivity index (χ1n) is 7.88. The van der Waals surface area contributed by atoms with Gasteiger partial charge in [-0.3, -0.25) is 0 Å². The van der Waals surface area contributed by atoms with Gasteiger partial charge in [0.2, 0.25) is 0 Å². The van der Waals surface area contributed by atoms with Crippen molar-refractivity contribution in [2.45, 2.75) is 19.4 Å². The van der Waals surface area contributed by atoms with Crippen LogP contribution in [0, 0.1) is 5.92 Å². The molecule has 2 aromatic rings. The zero-order chi connectivity index (χ0) is 16.1. The summed E-state index contributed by atoms with van der Waals surface area (Å²) in [6.07, 6.45) is 2.56. The molecule has 1 aliphatic rings. The second-order valence-corrected chi connectivity index (χ2v) is 5.84. The second-order valence-electron chi connectivity index (χ2n) is 5.84. The van der Waals surface area contributed by atoms with Crippen molar-refractivity contribution in [3.8, 4) is 5.75 Å². The highest BCUT2D eigenvalue weighted by Crippen LogP contribution is 2.30. The van der Waals surface area contributed by atoms with E-state index in [-0.39, 0.29) is 5.97 Å². The van der Waals surface area contributed by atoms with Crippen molar-refractivity contribution in [3.63, 3.8) is 0 Å². The summed E-state index contributed by atoms with van der Waals surface area (Å²) < 4.78 is 10.7. The molecule has 120 valence electrons. The number of anilines is 1. The van der Waals surface area contributed by atoms with Gasteiger partial charge < -0.3 is 14.8 Å². The fraction of sp³-hybridized carbons (Fsp3) is 0.316. The Morgan fingerprint density at radius 1 is 1.17 bits per heavy atom. The molecule has 1 saturated carbocycles. The molecule has 1 fully saturated rings. The van der Waals surface area contributed by atoms with Crippen LogP contribution in [0.1, 0.15) is 28.8 Å². The first kappa shape index (κ1) is 15.4. The summed E-state index contributed by atoms with van der Waals surface area (Å²) in [6, 6.07) is 15.4. The molecule has 1 aliphatic carbocycles. The average molecular weight is 311 g/mol. The van der Waals surface area contributed by atoms with Gasteiger partial charge in [-0.2, -0.15) is 0 Å². The number of benzene rings is 2. The topological polar surface area (TPSA) is 47.6 Å². The zero-order valence-electron chi connectivity index (χ0n) is 13.2. The summed E-state index contributed by atoms with van der Waals surface area (Å²) in [5.41, 5.74) is 2.47. The monoisotopic (exact) mass is 311 g/mol. The van der Waals surface area contributed by atoms with Gasteiger partial charge in [-0.05, 0) is 36.5 Å². The Morgan fingerprint density at radius 2 is 1.96 bits per heavy atom. The van der Waals surface area contributed by atoms with Gasteiger partial charge in [-0.25, -0.2) is 4.79 Å². The Kier molecular flexibility index (Phi) is 4.81. The van der Waals surface area contributed by atoms with Crippen LogP contribution in [-0.2, 0) is 11.3 Å². The minimum Gasteiger partial charge on any atom is -0.489 e. The number of esters is 1. The molecule has 4 heteroatoms. The molecule has 0 amide bonds. The van der Waals surface area contributed by atoms with Gasteiger partial charge in [-0.1, -0.05) is 30.3 Å². The molecule has 4 nitrogen and oxygen atoms in total. The van der Waals surface area contributed by atoms with Crippen LogP contribution in [0.15, 0.2) is 48.5 Å². The van der Waals surface area contributed by atoms with Crippen molar-refractivity contribution in [1.82, 2.24) is 0 Å². The lowest BCUT2D eigenvalue weighted by Crippen LogP contribution is -2.07. The van der Waals surface area contributed by atoms with E-state index in [0.717, 1.165) is 23.7 Å². The number of nitrogens with one attached hydrogen (secondary N) is 1. The minimum atomic E-state index is -0.357. The maximum atomic E-state index is 11.8. The van der Waals surface area contributed by atoms with Crippen LogP contribution in [0.2, 0.25) is 0 Å². The Bertz CT molecular complexity index is 666. The van der Waals surface area contributed by atoms with Gasteiger partial charge in [0.15, 0.2) is 0 Å². The van der Waals surface area contributed by atoms with Crippen molar-refractivity contribution in [1.29, 1.82) is 0 Å². The summed E-state index contributed by atoms with van der Waals surface area (Å²) in [5.74, 6) is 1.06. The molecule has 0 bridgehead atoms. The van der Waals surface area contributed by atoms with Gasteiger partial charge in [-0.15, -0.1) is 0 Å². The molecule has 0 aromatic heterocycles. The molecule has 0 saturated heterocycles. The van der Waals surface area contributed by atoms with Crippen LogP contribution < -0.4 is 10.1 Å². The van der Waals surface area contributed by atoms with Crippen LogP contribution in [0.4, 0.5) is 5.69 Å². The molecule has 1 N–H and O–H groups in total. The van der Waals surface area contributed by atoms with E-state index in [9.17, 15) is 4.79 Å². The fourth-order valence-electron chi connectivity index (χ4n) is 2.35. The molecule has 23 heavy (non-hydrogen) atoms. The van der Waals surface area contributed by atoms with Crippen molar-refractivity contribution < 1.29 is 14.3 Å². The highest BCUT2D eigenvalue weighted by atomic mass is 16.5. The third-order valence-corrected chi connectivity index (χ3v) is 3.87. The van der Waals surface area contributed by atoms with Gasteiger partial charge in [0.1, 0.15) is 12.4 Å². The molecule has 3 rings (SSSR count). The smallest absolute Gasteiger partial charge is 0.338 e. The quantitative estimate of drug-likeness (QED) is 0.788. The number of rotatable bonds is 7. The van der Waals surface area contributed by atoms with Crippen LogP contribution in [-0.4, -0.2) is 19.6 Å². The van der Waals surface area contributed by atoms with Crippen LogP contribution >= 0.6 is 0 Å². The number of carbonyl (C=O) groups excluding carboxylic acids is 1. The van der Waals surface area contributed by atoms with Gasteiger partial charge in [0.25, 0.3) is 0 Å². The van der Waals surface area contributed by atoms with E-state index in [2.05, 4.69) is 5.32 Å². The summed E-state index contributed by atoms with van der Waals surface area (Å²) in [4.78, 5) is 11.8. The number of ether oxygens (including phenoxy) is 2. The van der Waals surface area contributed by atoms with E-state index in [0.29, 0.717) is 17.9 Å². The minimum absolute atomic E-state index is 0.357. The zero-order valence-corrected chi connectivity index (χ0v) is 13.2. The Balaban J connectivity index is 1.73. The highest BCUT2D eigenvalue weighted by molar-refractivity contribution is 5.91. The standard InChI is InChI=1S/C19H21NO3/c1-22-19(21)16-9-17(20-12-14-7-8-14)11-18(10-16)23-13-15-5-3-2-4-6-15/h2-6,9-11,14,20H,7-8,12-13H2,1H3. The molecule has 0 atom stereocenters. The lowest BCUT2D eigenvalue weighted by molar-refractivity contribution is 0.0600. The molecule has 0 spiro atoms. The summed E-state index contributed by atoms with van der Waals surface area (Å²) in [7, 11) is 1.39. The first-order valence-corrected chi connectivity index (χ1v) is 7.88. The maximum Gasteiger partial charge on any atom is 0.338 e. The fourth-order valence-corrected chi connectivity index (χ4v) is 2.35. The Labute approximate surface area is 136 Å². The van der Waals surface area contributed by atoms with Crippen LogP contribution in [0.5, 0.6) is 5.75 Å². The van der Waals surface area contributed by atoms with Crippen LogP contribution in [0.3, 0.4) is 0 Å². The van der Waals surface area contributed by atoms with Crippen molar-refractivity contribution in [3.05, 3.63) is 59.7 Å². The van der Waals surface area contributed by atoms with E-state index in [1.165, 1.54) is 20.0 Å². The van der Waals surface area contributed by atoms with Gasteiger partial charge in [0.05, 0.1) is 12.7 Å². The molecule has 0 heterocycles. The molecule has 0 unspecified atom stereocenters. The van der Waals surface area contributed by atoms with E-state index in [4.69, 9.17) is 9.47 Å². The summed E-state index contributed by atoms with van der Waals surface area (Å²) in [6.45, 7) is 1.40. The first-order chi connectivity index (χ1) is 11.2. The number of carbonyl (C=O) groups is 1. The van der Waals surface area contributed by atoms with Crippen molar-refractivity contribution >= 4 is 11.7 Å². The molecular formula is C19H21NO3. The van der Waals surface area contributed by atoms with Gasteiger partial charge >= 0.3 is 5.97 Å². The van der Waals surface area contributed by atoms with Crippen molar-refractivity contribution in [2.75, 3.05) is 19.0 Å². The predicted molar refractivity (Wildman–Crippen MR) is 89.8 cm³/mol. The summed E-state index contributed by atoms with van der Waals surface area (Å²) in [5, 5.41) is 3.38. The van der Waals surface area contributed by atoms with Crippen molar-refractivity contribution in [2.24, 2.45) is 5.92 Å². The SMILES string of the molecule is COC(=O)c1cc(NCC2CC2)cc(OCc2ccccc2)c1.